The molecule has 0 spiro atoms. The van der Waals surface area contributed by atoms with E-state index in [1.54, 1.807) is 12.1 Å². The molecule has 96 valence electrons. The van der Waals surface area contributed by atoms with E-state index < -0.39 is 21.4 Å². The second kappa shape index (κ2) is 4.38. The van der Waals surface area contributed by atoms with Crippen LogP contribution in [0.1, 0.15) is 18.3 Å². The minimum absolute atomic E-state index is 0.0726. The normalized spacial score (nSPS) is 29.4. The highest BCUT2D eigenvalue weighted by atomic mass is 79.9. The lowest BCUT2D eigenvalue weighted by molar-refractivity contribution is 0.0287. The molecule has 17 heavy (non-hydrogen) atoms. The third-order valence-electron chi connectivity index (χ3n) is 3.27. The lowest BCUT2D eigenvalue weighted by atomic mass is 9.80. The van der Waals surface area contributed by atoms with Gasteiger partial charge in [-0.2, -0.15) is 0 Å². The molecule has 1 aliphatic heterocycles. The molecular weight excluding hydrogens is 310 g/mol. The van der Waals surface area contributed by atoms with Crippen molar-refractivity contribution in [2.24, 2.45) is 11.1 Å². The van der Waals surface area contributed by atoms with Crippen LogP contribution >= 0.6 is 15.9 Å². The van der Waals surface area contributed by atoms with E-state index in [2.05, 4.69) is 15.9 Å². The van der Waals surface area contributed by atoms with Crippen molar-refractivity contribution in [1.29, 1.82) is 0 Å². The van der Waals surface area contributed by atoms with Crippen molar-refractivity contribution in [3.63, 3.8) is 0 Å². The monoisotopic (exact) mass is 323 g/mol. The fourth-order valence-electron chi connectivity index (χ4n) is 2.21. The predicted molar refractivity (Wildman–Crippen MR) is 66.1 cm³/mol. The SMILES string of the molecule is NCC1(C(O)c2ccc(Br)o2)CCS(=O)(=O)C1. The largest absolute Gasteiger partial charge is 0.452 e. The summed E-state index contributed by atoms with van der Waals surface area (Å²) in [7, 11) is -3.11. The van der Waals surface area contributed by atoms with Crippen molar-refractivity contribution < 1.29 is 17.9 Å². The first-order valence-electron chi connectivity index (χ1n) is 5.22. The van der Waals surface area contributed by atoms with Crippen LogP contribution in [-0.2, 0) is 9.84 Å². The van der Waals surface area contributed by atoms with Gasteiger partial charge in [0.1, 0.15) is 11.9 Å². The number of furan rings is 1. The Bertz CT molecular complexity index is 512. The summed E-state index contributed by atoms with van der Waals surface area (Å²) in [5, 5.41) is 10.3. The molecule has 7 heteroatoms. The zero-order chi connectivity index (χ0) is 12.7. The van der Waals surface area contributed by atoms with Crippen molar-refractivity contribution in [1.82, 2.24) is 0 Å². The molecule has 1 fully saturated rings. The van der Waals surface area contributed by atoms with E-state index in [1.807, 2.05) is 0 Å². The van der Waals surface area contributed by atoms with E-state index in [1.165, 1.54) is 0 Å². The summed E-state index contributed by atoms with van der Waals surface area (Å²) < 4.78 is 28.8. The molecule has 2 heterocycles. The van der Waals surface area contributed by atoms with Crippen LogP contribution in [0.5, 0.6) is 0 Å². The number of sulfone groups is 1. The molecule has 2 rings (SSSR count). The van der Waals surface area contributed by atoms with Crippen LogP contribution in [0, 0.1) is 5.41 Å². The Labute approximate surface area is 108 Å². The highest BCUT2D eigenvalue weighted by Crippen LogP contribution is 2.43. The van der Waals surface area contributed by atoms with Crippen LogP contribution in [0.15, 0.2) is 21.2 Å². The molecular formula is C10H14BrNO4S. The van der Waals surface area contributed by atoms with Gasteiger partial charge in [0.25, 0.3) is 0 Å². The Hall–Kier alpha value is -0.370. The number of hydrogen-bond donors (Lipinski definition) is 2. The second-order valence-corrected chi connectivity index (χ2v) is 7.42. The molecule has 0 aliphatic carbocycles. The third kappa shape index (κ3) is 2.42. The van der Waals surface area contributed by atoms with Gasteiger partial charge in [-0.15, -0.1) is 0 Å². The molecule has 0 radical (unpaired) electrons. The van der Waals surface area contributed by atoms with E-state index >= 15 is 0 Å². The number of aliphatic hydroxyl groups excluding tert-OH is 1. The van der Waals surface area contributed by atoms with Crippen molar-refractivity contribution in [3.8, 4) is 0 Å². The fourth-order valence-corrected chi connectivity index (χ4v) is 4.68. The molecule has 2 unspecified atom stereocenters. The van der Waals surface area contributed by atoms with Crippen LogP contribution in [0.2, 0.25) is 0 Å². The van der Waals surface area contributed by atoms with Gasteiger partial charge in [-0.3, -0.25) is 0 Å². The van der Waals surface area contributed by atoms with E-state index in [0.717, 1.165) is 0 Å². The van der Waals surface area contributed by atoms with Gasteiger partial charge >= 0.3 is 0 Å². The molecule has 3 N–H and O–H groups in total. The van der Waals surface area contributed by atoms with E-state index in [4.69, 9.17) is 10.2 Å². The summed E-state index contributed by atoms with van der Waals surface area (Å²) in [6, 6.07) is 3.28. The van der Waals surface area contributed by atoms with E-state index in [9.17, 15) is 13.5 Å². The van der Waals surface area contributed by atoms with Crippen molar-refractivity contribution in [3.05, 3.63) is 22.6 Å². The smallest absolute Gasteiger partial charge is 0.169 e. The molecule has 1 saturated heterocycles. The first-order valence-corrected chi connectivity index (χ1v) is 7.84. The Kier molecular flexibility index (Phi) is 3.37. The first kappa shape index (κ1) is 13.1. The maximum absolute atomic E-state index is 11.5. The maximum Gasteiger partial charge on any atom is 0.169 e. The van der Waals surface area contributed by atoms with Crippen LogP contribution in [-0.4, -0.2) is 31.6 Å². The lowest BCUT2D eigenvalue weighted by Gasteiger charge is -2.30. The van der Waals surface area contributed by atoms with E-state index in [-0.39, 0.29) is 18.1 Å². The highest BCUT2D eigenvalue weighted by Gasteiger charge is 2.48. The molecule has 0 bridgehead atoms. The van der Waals surface area contributed by atoms with Gasteiger partial charge in [-0.25, -0.2) is 8.42 Å². The molecule has 2 atom stereocenters. The summed E-state index contributed by atoms with van der Waals surface area (Å²) in [6.07, 6.45) is -0.623. The zero-order valence-electron chi connectivity index (χ0n) is 9.10. The lowest BCUT2D eigenvalue weighted by Crippen LogP contribution is -2.37. The van der Waals surface area contributed by atoms with Crippen molar-refractivity contribution in [2.75, 3.05) is 18.1 Å². The zero-order valence-corrected chi connectivity index (χ0v) is 11.5. The molecule has 5 nitrogen and oxygen atoms in total. The van der Waals surface area contributed by atoms with Gasteiger partial charge < -0.3 is 15.3 Å². The minimum Gasteiger partial charge on any atom is -0.452 e. The average molecular weight is 324 g/mol. The molecule has 1 aliphatic rings. The van der Waals surface area contributed by atoms with Gasteiger partial charge in [-0.1, -0.05) is 0 Å². The van der Waals surface area contributed by atoms with Crippen LogP contribution in [0.4, 0.5) is 0 Å². The summed E-state index contributed by atoms with van der Waals surface area (Å²) in [5.74, 6) is 0.332. The number of nitrogens with two attached hydrogens (primary N) is 1. The Balaban J connectivity index is 2.31. The van der Waals surface area contributed by atoms with Gasteiger partial charge in [0, 0.05) is 12.0 Å². The molecule has 1 aromatic rings. The highest BCUT2D eigenvalue weighted by molar-refractivity contribution is 9.10. The van der Waals surface area contributed by atoms with Crippen LogP contribution in [0.25, 0.3) is 0 Å². The Morgan fingerprint density at radius 1 is 1.59 bits per heavy atom. The summed E-state index contributed by atoms with van der Waals surface area (Å²) in [4.78, 5) is 0. The molecule has 0 amide bonds. The van der Waals surface area contributed by atoms with Gasteiger partial charge in [0.2, 0.25) is 0 Å². The Morgan fingerprint density at radius 2 is 2.29 bits per heavy atom. The number of halogens is 1. The number of rotatable bonds is 3. The minimum atomic E-state index is -3.11. The van der Waals surface area contributed by atoms with Crippen LogP contribution in [0.3, 0.4) is 0 Å². The quantitative estimate of drug-likeness (QED) is 0.859. The Morgan fingerprint density at radius 3 is 2.71 bits per heavy atom. The van der Waals surface area contributed by atoms with Crippen LogP contribution < -0.4 is 5.73 Å². The van der Waals surface area contributed by atoms with Crippen molar-refractivity contribution >= 4 is 25.8 Å². The molecule has 0 aromatic carbocycles. The van der Waals surface area contributed by atoms with Gasteiger partial charge in [0.05, 0.1) is 11.5 Å². The third-order valence-corrected chi connectivity index (χ3v) is 5.54. The van der Waals surface area contributed by atoms with Crippen molar-refractivity contribution in [2.45, 2.75) is 12.5 Å². The summed E-state index contributed by atoms with van der Waals surface area (Å²) >= 11 is 3.14. The number of aliphatic hydroxyl groups is 1. The standard InChI is InChI=1S/C10H14BrNO4S/c11-8-2-1-7(16-8)9(13)10(5-12)3-4-17(14,15)6-10/h1-2,9,13H,3-6,12H2. The summed E-state index contributed by atoms with van der Waals surface area (Å²) in [5.41, 5.74) is 4.83. The number of hydrogen-bond acceptors (Lipinski definition) is 5. The van der Waals surface area contributed by atoms with E-state index in [0.29, 0.717) is 16.9 Å². The summed E-state index contributed by atoms with van der Waals surface area (Å²) in [6.45, 7) is 0.117. The predicted octanol–water partition coefficient (Wildman–Crippen LogP) is 0.839. The maximum atomic E-state index is 11.5. The van der Waals surface area contributed by atoms with Gasteiger partial charge in [-0.05, 0) is 34.5 Å². The topological polar surface area (TPSA) is 93.5 Å². The average Bonchev–Trinajstić information content (AvgIpc) is 2.82. The fraction of sp³-hybridized carbons (Fsp3) is 0.600. The molecule has 1 aromatic heterocycles. The van der Waals surface area contributed by atoms with Gasteiger partial charge in [0.15, 0.2) is 14.5 Å². The first-order chi connectivity index (χ1) is 7.88. The second-order valence-electron chi connectivity index (χ2n) is 4.45. The molecule has 0 saturated carbocycles.